The molecule has 2 aromatic carbocycles. The lowest BCUT2D eigenvalue weighted by Crippen LogP contribution is -2.14. The van der Waals surface area contributed by atoms with Gasteiger partial charge in [-0.25, -0.2) is 15.0 Å². The molecule has 4 heterocycles. The maximum Gasteiger partial charge on any atom is 0.219 e. The van der Waals surface area contributed by atoms with Crippen LogP contribution in [0.25, 0.3) is 33.4 Å². The van der Waals surface area contributed by atoms with Gasteiger partial charge in [0.15, 0.2) is 0 Å². The van der Waals surface area contributed by atoms with Crippen LogP contribution in [0.1, 0.15) is 30.1 Å². The lowest BCUT2D eigenvalue weighted by Gasteiger charge is -2.16. The quantitative estimate of drug-likeness (QED) is 0.169. The van der Waals surface area contributed by atoms with Crippen molar-refractivity contribution in [3.8, 4) is 34.0 Å². The van der Waals surface area contributed by atoms with Crippen LogP contribution in [0.3, 0.4) is 0 Å². The van der Waals surface area contributed by atoms with Gasteiger partial charge in [0.05, 0.1) is 11.1 Å². The summed E-state index contributed by atoms with van der Waals surface area (Å²) in [6, 6.07) is 20.5. The summed E-state index contributed by atoms with van der Waals surface area (Å²) in [5.41, 5.74) is 8.25. The van der Waals surface area contributed by atoms with E-state index >= 15 is 0 Å². The maximum absolute atomic E-state index is 9.94. The van der Waals surface area contributed by atoms with Crippen LogP contribution in [0.2, 0.25) is 0 Å². The van der Waals surface area contributed by atoms with Crippen LogP contribution in [-0.2, 0) is 6.54 Å². The number of hydrogen-bond acceptors (Lipinski definition) is 7. The molecule has 2 aliphatic rings. The Labute approximate surface area is 226 Å². The Balaban J connectivity index is 1.39. The SMILES string of the molecule is C=CC(O)Nc1ccc(-c2c3c4c(ncnc4n2C2CC2)NCc2cc(Oc4cccc(C)n4)ccc2-3)cc1. The number of nitrogens with one attached hydrogen (secondary N) is 2. The molecule has 5 aromatic rings. The van der Waals surface area contributed by atoms with Gasteiger partial charge in [-0.1, -0.05) is 30.8 Å². The average Bonchev–Trinajstić information content (AvgIpc) is 3.75. The molecule has 1 atom stereocenters. The van der Waals surface area contributed by atoms with Crippen molar-refractivity contribution in [2.45, 2.75) is 38.6 Å². The Bertz CT molecular complexity index is 1720. The van der Waals surface area contributed by atoms with Crippen LogP contribution in [0, 0.1) is 6.92 Å². The molecule has 0 bridgehead atoms. The second-order valence-corrected chi connectivity index (χ2v) is 10.0. The molecule has 1 fully saturated rings. The van der Waals surface area contributed by atoms with Crippen molar-refractivity contribution in [1.29, 1.82) is 0 Å². The van der Waals surface area contributed by atoms with Crippen LogP contribution < -0.4 is 15.4 Å². The fourth-order valence-electron chi connectivity index (χ4n) is 5.35. The van der Waals surface area contributed by atoms with E-state index in [0.717, 1.165) is 74.8 Å². The van der Waals surface area contributed by atoms with Crippen molar-refractivity contribution >= 4 is 22.5 Å². The van der Waals surface area contributed by atoms with E-state index in [1.165, 1.54) is 6.08 Å². The Morgan fingerprint density at radius 1 is 1.13 bits per heavy atom. The molecule has 1 saturated carbocycles. The van der Waals surface area contributed by atoms with Gasteiger partial charge in [0, 0.05) is 35.6 Å². The molecule has 3 N–H and O–H groups in total. The monoisotopic (exact) mass is 516 g/mol. The molecule has 0 amide bonds. The largest absolute Gasteiger partial charge is 0.439 e. The van der Waals surface area contributed by atoms with Gasteiger partial charge >= 0.3 is 0 Å². The first-order valence-corrected chi connectivity index (χ1v) is 13.1. The molecule has 1 unspecified atom stereocenters. The standard InChI is InChI=1S/C31H28N6O2/c1-3-25(38)36-21-9-7-19(8-10-21)29-27-24-14-13-23(39-26-6-4-5-18(2)35-26)15-20(24)16-32-30-28(27)31(34-17-33-30)37(29)22-11-12-22/h3-10,13-15,17,22,25,36,38H,1,11-12,16H2,2H3,(H,32,33,34). The van der Waals surface area contributed by atoms with E-state index in [1.54, 1.807) is 6.33 Å². The molecule has 8 heteroatoms. The van der Waals surface area contributed by atoms with E-state index in [4.69, 9.17) is 9.72 Å². The smallest absolute Gasteiger partial charge is 0.219 e. The number of hydrogen-bond donors (Lipinski definition) is 3. The predicted octanol–water partition coefficient (Wildman–Crippen LogP) is 6.44. The van der Waals surface area contributed by atoms with E-state index < -0.39 is 6.23 Å². The number of ether oxygens (including phenoxy) is 1. The summed E-state index contributed by atoms with van der Waals surface area (Å²) in [7, 11) is 0. The molecule has 7 rings (SSSR count). The van der Waals surface area contributed by atoms with E-state index in [0.29, 0.717) is 18.5 Å². The molecular formula is C31H28N6O2. The Hall–Kier alpha value is -4.69. The zero-order valence-corrected chi connectivity index (χ0v) is 21.6. The minimum absolute atomic E-state index is 0.400. The van der Waals surface area contributed by atoms with Crippen LogP contribution in [0.5, 0.6) is 11.6 Å². The highest BCUT2D eigenvalue weighted by Gasteiger charge is 2.34. The van der Waals surface area contributed by atoms with E-state index in [9.17, 15) is 5.11 Å². The Morgan fingerprint density at radius 3 is 2.74 bits per heavy atom. The number of fused-ring (bicyclic) bond motifs is 2. The van der Waals surface area contributed by atoms with Crippen molar-refractivity contribution in [2.24, 2.45) is 0 Å². The van der Waals surface area contributed by atoms with Crippen LogP contribution in [0.15, 0.2) is 79.6 Å². The van der Waals surface area contributed by atoms with Crippen LogP contribution >= 0.6 is 0 Å². The number of rotatable bonds is 7. The molecule has 0 saturated heterocycles. The third-order valence-electron chi connectivity index (χ3n) is 7.27. The summed E-state index contributed by atoms with van der Waals surface area (Å²) in [5.74, 6) is 2.15. The fraction of sp³-hybridized carbons (Fsp3) is 0.194. The van der Waals surface area contributed by atoms with Gasteiger partial charge < -0.3 is 25.0 Å². The molecule has 0 spiro atoms. The zero-order chi connectivity index (χ0) is 26.5. The first-order chi connectivity index (χ1) is 19.1. The number of nitrogens with zero attached hydrogens (tertiary/aromatic N) is 4. The topological polar surface area (TPSA) is 97.1 Å². The summed E-state index contributed by atoms with van der Waals surface area (Å²) in [6.45, 7) is 6.20. The zero-order valence-electron chi connectivity index (χ0n) is 21.6. The summed E-state index contributed by atoms with van der Waals surface area (Å²) in [5, 5.41) is 17.6. The van der Waals surface area contributed by atoms with Crippen molar-refractivity contribution < 1.29 is 9.84 Å². The average molecular weight is 517 g/mol. The highest BCUT2D eigenvalue weighted by molar-refractivity contribution is 6.09. The summed E-state index contributed by atoms with van der Waals surface area (Å²) < 4.78 is 8.52. The lowest BCUT2D eigenvalue weighted by atomic mass is 9.95. The maximum atomic E-state index is 9.94. The van der Waals surface area contributed by atoms with Crippen molar-refractivity contribution in [1.82, 2.24) is 19.5 Å². The molecular weight excluding hydrogens is 488 g/mol. The molecule has 3 aromatic heterocycles. The minimum Gasteiger partial charge on any atom is -0.439 e. The third kappa shape index (κ3) is 4.19. The van der Waals surface area contributed by atoms with Gasteiger partial charge in [0.1, 0.15) is 29.8 Å². The lowest BCUT2D eigenvalue weighted by molar-refractivity contribution is 0.253. The van der Waals surface area contributed by atoms with Gasteiger partial charge in [-0.3, -0.25) is 0 Å². The fourth-order valence-corrected chi connectivity index (χ4v) is 5.35. The van der Waals surface area contributed by atoms with Crippen molar-refractivity contribution in [3.05, 3.63) is 90.9 Å². The van der Waals surface area contributed by atoms with Gasteiger partial charge in [-0.05, 0) is 72.9 Å². The van der Waals surface area contributed by atoms with Gasteiger partial charge in [-0.15, -0.1) is 0 Å². The Morgan fingerprint density at radius 2 is 1.97 bits per heavy atom. The number of aliphatic hydroxyl groups excluding tert-OH is 1. The van der Waals surface area contributed by atoms with Crippen molar-refractivity contribution in [2.75, 3.05) is 10.6 Å². The number of anilines is 2. The predicted molar refractivity (Wildman–Crippen MR) is 153 cm³/mol. The second kappa shape index (κ2) is 9.25. The molecule has 1 aliphatic carbocycles. The summed E-state index contributed by atoms with van der Waals surface area (Å²) in [4.78, 5) is 13.9. The van der Waals surface area contributed by atoms with Gasteiger partial charge in [-0.2, -0.15) is 0 Å². The third-order valence-corrected chi connectivity index (χ3v) is 7.27. The van der Waals surface area contributed by atoms with E-state index in [1.807, 2.05) is 43.3 Å². The minimum atomic E-state index is -0.805. The van der Waals surface area contributed by atoms with Gasteiger partial charge in [0.2, 0.25) is 5.88 Å². The highest BCUT2D eigenvalue weighted by Crippen LogP contribution is 2.51. The van der Waals surface area contributed by atoms with Crippen LogP contribution in [0.4, 0.5) is 11.5 Å². The molecule has 0 radical (unpaired) electrons. The first kappa shape index (κ1) is 23.4. The van der Waals surface area contributed by atoms with E-state index in [-0.39, 0.29) is 0 Å². The van der Waals surface area contributed by atoms with Crippen molar-refractivity contribution in [3.63, 3.8) is 0 Å². The van der Waals surface area contributed by atoms with Gasteiger partial charge in [0.25, 0.3) is 0 Å². The normalized spacial score (nSPS) is 14.7. The second-order valence-electron chi connectivity index (χ2n) is 10.0. The molecule has 39 heavy (non-hydrogen) atoms. The molecule has 1 aliphatic heterocycles. The number of pyridine rings is 1. The number of aromatic nitrogens is 4. The first-order valence-electron chi connectivity index (χ1n) is 13.1. The Kier molecular flexibility index (Phi) is 5.56. The molecule has 194 valence electrons. The molecule has 8 nitrogen and oxygen atoms in total. The van der Waals surface area contributed by atoms with E-state index in [2.05, 4.69) is 56.0 Å². The summed E-state index contributed by atoms with van der Waals surface area (Å²) in [6.07, 6.45) is 4.55. The highest BCUT2D eigenvalue weighted by atomic mass is 16.5. The van der Waals surface area contributed by atoms with Crippen LogP contribution in [-0.4, -0.2) is 30.9 Å². The number of aryl methyl sites for hydroxylation is 1. The number of aliphatic hydroxyl groups is 1. The number of benzene rings is 2. The summed E-state index contributed by atoms with van der Waals surface area (Å²) >= 11 is 0.